The van der Waals surface area contributed by atoms with Crippen molar-refractivity contribution in [2.24, 2.45) is 0 Å². The molecule has 0 amide bonds. The quantitative estimate of drug-likeness (QED) is 0.308. The van der Waals surface area contributed by atoms with E-state index in [4.69, 9.17) is 10.1 Å². The fraction of sp³-hybridized carbons (Fsp3) is 0.500. The van der Waals surface area contributed by atoms with E-state index in [2.05, 4.69) is 0 Å². The molecule has 0 aliphatic heterocycles. The molecule has 0 bridgehead atoms. The molecule has 0 heterocycles. The molecule has 31 valence electrons. The highest BCUT2D eigenvalue weighted by Crippen LogP contribution is 1.39. The monoisotopic (exact) mass is 76.0 g/mol. The van der Waals surface area contributed by atoms with Crippen LogP contribution in [0.2, 0.25) is 0 Å². The van der Waals surface area contributed by atoms with Gasteiger partial charge in [0.25, 0.3) is 0 Å². The second kappa shape index (κ2) is 3.40. The van der Waals surface area contributed by atoms with Crippen molar-refractivity contribution >= 4 is 0 Å². The zero-order chi connectivity index (χ0) is 3.58. The summed E-state index contributed by atoms with van der Waals surface area (Å²) in [7, 11) is 0.889. The van der Waals surface area contributed by atoms with E-state index >= 15 is 0 Å². The first-order valence-electron chi connectivity index (χ1n) is 0.812. The van der Waals surface area contributed by atoms with Gasteiger partial charge in [0.05, 0.1) is 0 Å². The van der Waals surface area contributed by atoms with Crippen molar-refractivity contribution in [1.29, 1.82) is 0 Å². The van der Waals surface area contributed by atoms with Crippen LogP contribution < -0.4 is 0 Å². The lowest BCUT2D eigenvalue weighted by Crippen LogP contribution is -1.79. The molecule has 5 heavy (non-hydrogen) atoms. The van der Waals surface area contributed by atoms with Gasteiger partial charge in [0.2, 0.25) is 0 Å². The van der Waals surface area contributed by atoms with Crippen LogP contribution in [0.5, 0.6) is 0 Å². The van der Waals surface area contributed by atoms with Crippen LogP contribution in [0.3, 0.4) is 0 Å². The molecule has 0 rings (SSSR count). The first-order chi connectivity index (χ1) is 1.73. The fourth-order valence-corrected chi connectivity index (χ4v) is 0. The van der Waals surface area contributed by atoms with Gasteiger partial charge >= 0.3 is 0 Å². The van der Waals surface area contributed by atoms with Crippen LogP contribution in [0, 0.1) is 17.5 Å². The van der Waals surface area contributed by atoms with E-state index in [1.54, 1.807) is 0 Å². The van der Waals surface area contributed by atoms with Crippen molar-refractivity contribution in [2.75, 3.05) is 7.05 Å². The van der Waals surface area contributed by atoms with Gasteiger partial charge in [-0.05, 0) is 0 Å². The SMILES string of the molecule is C[N+](=O)[O-].[CH3]. The molecule has 0 spiro atoms. The first-order valence-corrected chi connectivity index (χ1v) is 0.812. The molecule has 3 nitrogen and oxygen atoms in total. The largest absolute Gasteiger partial charge is 0.265 e. The molecule has 0 fully saturated rings. The molecule has 3 heteroatoms. The maximum absolute atomic E-state index is 8.81. The predicted molar refractivity (Wildman–Crippen MR) is 19.3 cm³/mol. The van der Waals surface area contributed by atoms with Crippen LogP contribution in [0.15, 0.2) is 0 Å². The summed E-state index contributed by atoms with van der Waals surface area (Å²) in [6.45, 7) is 0. The number of hydrogen-bond donors (Lipinski definition) is 0. The average molecular weight is 76.1 g/mol. The van der Waals surface area contributed by atoms with E-state index in [0.29, 0.717) is 0 Å². The highest BCUT2D eigenvalue weighted by molar-refractivity contribution is 3.91. The Hall–Kier alpha value is -0.600. The van der Waals surface area contributed by atoms with Gasteiger partial charge in [0.1, 0.15) is 0 Å². The van der Waals surface area contributed by atoms with Gasteiger partial charge in [-0.2, -0.15) is 0 Å². The molecular weight excluding hydrogens is 70.0 g/mol. The summed E-state index contributed by atoms with van der Waals surface area (Å²) < 4.78 is 0. The van der Waals surface area contributed by atoms with E-state index in [1.165, 1.54) is 0 Å². The normalized spacial score (nSPS) is 5.00. The van der Waals surface area contributed by atoms with Crippen LogP contribution in [-0.4, -0.2) is 12.0 Å². The van der Waals surface area contributed by atoms with Crippen LogP contribution in [-0.2, 0) is 0 Å². The van der Waals surface area contributed by atoms with E-state index in [-0.39, 0.29) is 7.43 Å². The Balaban J connectivity index is 0. The fourth-order valence-electron chi connectivity index (χ4n) is 0. The molecule has 0 saturated heterocycles. The third-order valence-corrected chi connectivity index (χ3v) is 0. The van der Waals surface area contributed by atoms with Crippen molar-refractivity contribution in [3.8, 4) is 0 Å². The van der Waals surface area contributed by atoms with E-state index < -0.39 is 4.92 Å². The summed E-state index contributed by atoms with van der Waals surface area (Å²) in [5, 5.41) is 8.81. The van der Waals surface area contributed by atoms with Crippen LogP contribution in [0.4, 0.5) is 0 Å². The van der Waals surface area contributed by atoms with Crippen LogP contribution in [0.25, 0.3) is 0 Å². The maximum atomic E-state index is 8.81. The molecule has 0 unspecified atom stereocenters. The van der Waals surface area contributed by atoms with Gasteiger partial charge in [-0.15, -0.1) is 0 Å². The average Bonchev–Trinajstić information content (AvgIpc) is 0.811. The molecule has 0 aliphatic carbocycles. The van der Waals surface area contributed by atoms with Gasteiger partial charge in [0, 0.05) is 4.92 Å². The smallest absolute Gasteiger partial charge is 0.194 e. The van der Waals surface area contributed by atoms with Crippen molar-refractivity contribution in [3.63, 3.8) is 0 Å². The van der Waals surface area contributed by atoms with Gasteiger partial charge in [-0.3, -0.25) is 10.1 Å². The molecule has 0 atom stereocenters. The molecule has 0 aliphatic rings. The van der Waals surface area contributed by atoms with Crippen molar-refractivity contribution < 1.29 is 4.92 Å². The molecule has 1 radical (unpaired) electrons. The van der Waals surface area contributed by atoms with Crippen molar-refractivity contribution in [1.82, 2.24) is 0 Å². The molecule has 0 aromatic rings. The lowest BCUT2D eigenvalue weighted by atomic mass is 11.5. The van der Waals surface area contributed by atoms with Crippen LogP contribution >= 0.6 is 0 Å². The molecule has 0 N–H and O–H groups in total. The van der Waals surface area contributed by atoms with Crippen LogP contribution in [0.1, 0.15) is 0 Å². The number of nitrogens with zero attached hydrogens (tertiary/aromatic N) is 1. The molecule has 0 saturated carbocycles. The van der Waals surface area contributed by atoms with Gasteiger partial charge in [-0.1, -0.05) is 7.43 Å². The molecule has 0 aromatic carbocycles. The minimum absolute atomic E-state index is 0. The Morgan fingerprint density at radius 2 is 1.80 bits per heavy atom. The number of rotatable bonds is 0. The van der Waals surface area contributed by atoms with E-state index in [1.807, 2.05) is 0 Å². The second-order valence-electron chi connectivity index (χ2n) is 0.440. The topological polar surface area (TPSA) is 43.1 Å². The lowest BCUT2D eigenvalue weighted by Gasteiger charge is -1.63. The summed E-state index contributed by atoms with van der Waals surface area (Å²) in [4.78, 5) is 8.31. The highest BCUT2D eigenvalue weighted by atomic mass is 16.6. The summed E-state index contributed by atoms with van der Waals surface area (Å²) in [6, 6.07) is 0. The lowest BCUT2D eigenvalue weighted by molar-refractivity contribution is -0.445. The zero-order valence-electron chi connectivity index (χ0n) is 3.26. The predicted octanol–water partition coefficient (Wildman–Crippen LogP) is 0.343. The molecule has 0 aromatic heterocycles. The maximum Gasteiger partial charge on any atom is 0.194 e. The minimum atomic E-state index is -0.500. The summed E-state index contributed by atoms with van der Waals surface area (Å²) >= 11 is 0. The summed E-state index contributed by atoms with van der Waals surface area (Å²) in [5.74, 6) is 0. The van der Waals surface area contributed by atoms with Gasteiger partial charge in [-0.25, -0.2) is 0 Å². The van der Waals surface area contributed by atoms with Gasteiger partial charge < -0.3 is 0 Å². The minimum Gasteiger partial charge on any atom is -0.265 e. The second-order valence-corrected chi connectivity index (χ2v) is 0.440. The molecular formula is C2H6NO2. The summed E-state index contributed by atoms with van der Waals surface area (Å²) in [5.41, 5.74) is 0. The Kier molecular flexibility index (Phi) is 6.00. The van der Waals surface area contributed by atoms with E-state index in [0.717, 1.165) is 7.05 Å². The van der Waals surface area contributed by atoms with Gasteiger partial charge in [0.15, 0.2) is 7.05 Å². The Morgan fingerprint density at radius 3 is 1.80 bits per heavy atom. The standard InChI is InChI=1S/CH3NO2.CH3/c1-2(3)4;/h1H3;1H3. The highest BCUT2D eigenvalue weighted by Gasteiger charge is 1.57. The van der Waals surface area contributed by atoms with Crippen molar-refractivity contribution in [2.45, 2.75) is 0 Å². The zero-order valence-corrected chi connectivity index (χ0v) is 3.26. The Labute approximate surface area is 30.8 Å². The number of nitro groups is 1. The Bertz CT molecular complexity index is 30.6. The third-order valence-electron chi connectivity index (χ3n) is 0. The third kappa shape index (κ3) is 18.5. The summed E-state index contributed by atoms with van der Waals surface area (Å²) in [6.07, 6.45) is 0. The van der Waals surface area contributed by atoms with E-state index in [9.17, 15) is 0 Å². The number of hydrogen-bond acceptors (Lipinski definition) is 2. The Morgan fingerprint density at radius 1 is 1.80 bits per heavy atom. The van der Waals surface area contributed by atoms with Crippen molar-refractivity contribution in [3.05, 3.63) is 17.5 Å². The first kappa shape index (κ1) is 8.83.